The number of carbonyl (C=O) groups is 2. The van der Waals surface area contributed by atoms with Crippen molar-refractivity contribution in [1.29, 1.82) is 0 Å². The molecule has 1 unspecified atom stereocenters. The average Bonchev–Trinajstić information content (AvgIpc) is 2.35. The molecule has 0 aliphatic heterocycles. The van der Waals surface area contributed by atoms with Gasteiger partial charge in [-0.25, -0.2) is 0 Å². The number of carbonyl (C=O) groups excluding carboxylic acids is 1. The first-order valence-electron chi connectivity index (χ1n) is 5.63. The van der Waals surface area contributed by atoms with Crippen molar-refractivity contribution >= 4 is 11.8 Å². The molecular weight excluding hydrogens is 218 g/mol. The zero-order valence-corrected chi connectivity index (χ0v) is 10.1. The van der Waals surface area contributed by atoms with Crippen LogP contribution in [0.3, 0.4) is 0 Å². The predicted molar refractivity (Wildman–Crippen MR) is 65.3 cm³/mol. The Kier molecular flexibility index (Phi) is 4.84. The van der Waals surface area contributed by atoms with Crippen molar-refractivity contribution in [3.8, 4) is 0 Å². The number of aliphatic carboxylic acids is 1. The number of nitrogens with one attached hydrogen (secondary N) is 1. The molecule has 0 amide bonds. The van der Waals surface area contributed by atoms with Gasteiger partial charge in [0.25, 0.3) is 0 Å². The molecule has 17 heavy (non-hydrogen) atoms. The summed E-state index contributed by atoms with van der Waals surface area (Å²) in [6.07, 6.45) is 0.933. The van der Waals surface area contributed by atoms with Crippen LogP contribution in [-0.4, -0.2) is 29.4 Å². The van der Waals surface area contributed by atoms with E-state index >= 15 is 0 Å². The predicted octanol–water partition coefficient (Wildman–Crippen LogP) is 1.49. The fourth-order valence-corrected chi connectivity index (χ4v) is 1.36. The molecule has 1 aromatic carbocycles. The van der Waals surface area contributed by atoms with Crippen molar-refractivity contribution in [2.24, 2.45) is 0 Å². The second-order valence-corrected chi connectivity index (χ2v) is 3.91. The van der Waals surface area contributed by atoms with E-state index in [2.05, 4.69) is 5.32 Å². The van der Waals surface area contributed by atoms with E-state index in [4.69, 9.17) is 5.11 Å². The highest BCUT2D eigenvalue weighted by Crippen LogP contribution is 2.05. The number of rotatable bonds is 6. The standard InChI is InChI=1S/C13H17NO3/c1-3-10-4-6-11(7-5-10)12(15)8-14-9(2)13(16)17/h4-7,9,14H,3,8H2,1-2H3,(H,16,17). The van der Waals surface area contributed by atoms with Gasteiger partial charge >= 0.3 is 5.97 Å². The summed E-state index contributed by atoms with van der Waals surface area (Å²) in [6.45, 7) is 3.60. The molecule has 0 fully saturated rings. The van der Waals surface area contributed by atoms with Crippen LogP contribution in [0.2, 0.25) is 0 Å². The average molecular weight is 235 g/mol. The molecule has 92 valence electrons. The third-order valence-corrected chi connectivity index (χ3v) is 2.62. The molecule has 0 aliphatic rings. The quantitative estimate of drug-likeness (QED) is 0.733. The maximum atomic E-state index is 11.7. The fourth-order valence-electron chi connectivity index (χ4n) is 1.36. The van der Waals surface area contributed by atoms with Gasteiger partial charge in [0, 0.05) is 5.56 Å². The summed E-state index contributed by atoms with van der Waals surface area (Å²) in [7, 11) is 0. The molecule has 0 saturated carbocycles. The largest absolute Gasteiger partial charge is 0.480 e. The first-order valence-corrected chi connectivity index (χ1v) is 5.63. The molecule has 0 bridgehead atoms. The topological polar surface area (TPSA) is 66.4 Å². The molecule has 1 atom stereocenters. The van der Waals surface area contributed by atoms with Gasteiger partial charge in [0.1, 0.15) is 6.04 Å². The minimum absolute atomic E-state index is 0.0406. The lowest BCUT2D eigenvalue weighted by Crippen LogP contribution is -2.37. The van der Waals surface area contributed by atoms with E-state index in [1.165, 1.54) is 12.5 Å². The molecule has 1 rings (SSSR count). The van der Waals surface area contributed by atoms with E-state index in [0.29, 0.717) is 5.56 Å². The molecule has 0 saturated heterocycles. The summed E-state index contributed by atoms with van der Waals surface area (Å²) < 4.78 is 0. The first kappa shape index (κ1) is 13.4. The maximum Gasteiger partial charge on any atom is 0.320 e. The highest BCUT2D eigenvalue weighted by atomic mass is 16.4. The molecule has 0 heterocycles. The van der Waals surface area contributed by atoms with Crippen LogP contribution in [0.4, 0.5) is 0 Å². The van der Waals surface area contributed by atoms with Crippen molar-refractivity contribution in [2.75, 3.05) is 6.54 Å². The second-order valence-electron chi connectivity index (χ2n) is 3.91. The van der Waals surface area contributed by atoms with Gasteiger partial charge in [-0.3, -0.25) is 14.9 Å². The summed E-state index contributed by atoms with van der Waals surface area (Å²) in [5.74, 6) is -1.06. The number of carboxylic acid groups (broad SMARTS) is 1. The lowest BCUT2D eigenvalue weighted by molar-refractivity contribution is -0.138. The minimum Gasteiger partial charge on any atom is -0.480 e. The van der Waals surface area contributed by atoms with Gasteiger partial charge in [0.15, 0.2) is 5.78 Å². The molecule has 0 spiro atoms. The first-order chi connectivity index (χ1) is 8.04. The summed E-state index contributed by atoms with van der Waals surface area (Å²) in [5.41, 5.74) is 1.78. The molecule has 4 nitrogen and oxygen atoms in total. The molecule has 1 aromatic rings. The summed E-state index contributed by atoms with van der Waals surface area (Å²) in [4.78, 5) is 22.3. The van der Waals surface area contributed by atoms with Gasteiger partial charge in [0.2, 0.25) is 0 Å². The summed E-state index contributed by atoms with van der Waals surface area (Å²) in [6, 6.07) is 6.65. The molecule has 2 N–H and O–H groups in total. The van der Waals surface area contributed by atoms with E-state index in [0.717, 1.165) is 6.42 Å². The molecule has 4 heteroatoms. The van der Waals surface area contributed by atoms with Crippen molar-refractivity contribution < 1.29 is 14.7 Å². The van der Waals surface area contributed by atoms with Gasteiger partial charge in [-0.05, 0) is 18.9 Å². The molecule has 0 aromatic heterocycles. The normalized spacial score (nSPS) is 12.1. The summed E-state index contributed by atoms with van der Waals surface area (Å²) >= 11 is 0. The molecular formula is C13H17NO3. The van der Waals surface area contributed by atoms with Crippen LogP contribution in [0.25, 0.3) is 0 Å². The van der Waals surface area contributed by atoms with Gasteiger partial charge in [0.05, 0.1) is 6.54 Å². The Hall–Kier alpha value is -1.68. The Bertz CT molecular complexity index is 398. The zero-order chi connectivity index (χ0) is 12.8. The van der Waals surface area contributed by atoms with Crippen LogP contribution in [0.5, 0.6) is 0 Å². The highest BCUT2D eigenvalue weighted by Gasteiger charge is 2.12. The maximum absolute atomic E-state index is 11.7. The lowest BCUT2D eigenvalue weighted by atomic mass is 10.1. The Labute approximate surface area is 101 Å². The number of carboxylic acids is 1. The van der Waals surface area contributed by atoms with Gasteiger partial charge in [-0.15, -0.1) is 0 Å². The number of hydrogen-bond donors (Lipinski definition) is 2. The van der Waals surface area contributed by atoms with Gasteiger partial charge < -0.3 is 5.11 Å². The van der Waals surface area contributed by atoms with E-state index in [1.807, 2.05) is 19.1 Å². The Morgan fingerprint density at radius 1 is 1.29 bits per heavy atom. The Morgan fingerprint density at radius 3 is 2.35 bits per heavy atom. The molecule has 0 radical (unpaired) electrons. The van der Waals surface area contributed by atoms with Crippen molar-refractivity contribution in [1.82, 2.24) is 5.32 Å². The third kappa shape index (κ3) is 4.00. The lowest BCUT2D eigenvalue weighted by Gasteiger charge is -2.08. The Morgan fingerprint density at radius 2 is 1.88 bits per heavy atom. The number of aryl methyl sites for hydroxylation is 1. The van der Waals surface area contributed by atoms with E-state index in [9.17, 15) is 9.59 Å². The van der Waals surface area contributed by atoms with Crippen molar-refractivity contribution in [3.63, 3.8) is 0 Å². The van der Waals surface area contributed by atoms with Crippen LogP contribution < -0.4 is 5.32 Å². The van der Waals surface area contributed by atoms with E-state index in [1.54, 1.807) is 12.1 Å². The smallest absolute Gasteiger partial charge is 0.320 e. The van der Waals surface area contributed by atoms with Crippen LogP contribution in [0, 0.1) is 0 Å². The highest BCUT2D eigenvalue weighted by molar-refractivity contribution is 5.97. The number of benzene rings is 1. The third-order valence-electron chi connectivity index (χ3n) is 2.62. The second kappa shape index (κ2) is 6.15. The van der Waals surface area contributed by atoms with Crippen molar-refractivity contribution in [3.05, 3.63) is 35.4 Å². The monoisotopic (exact) mass is 235 g/mol. The minimum atomic E-state index is -0.959. The number of Topliss-reactive ketones (excluding diaryl/α,β-unsaturated/α-hetero) is 1. The van der Waals surface area contributed by atoms with Crippen LogP contribution in [-0.2, 0) is 11.2 Å². The van der Waals surface area contributed by atoms with Crippen molar-refractivity contribution in [2.45, 2.75) is 26.3 Å². The van der Waals surface area contributed by atoms with Crippen LogP contribution in [0.1, 0.15) is 29.8 Å². The van der Waals surface area contributed by atoms with Gasteiger partial charge in [-0.1, -0.05) is 31.2 Å². The zero-order valence-electron chi connectivity index (χ0n) is 10.1. The Balaban J connectivity index is 2.55. The fraction of sp³-hybridized carbons (Fsp3) is 0.385. The summed E-state index contributed by atoms with van der Waals surface area (Å²) in [5, 5.41) is 11.3. The SMILES string of the molecule is CCc1ccc(C(=O)CNC(C)C(=O)O)cc1. The van der Waals surface area contributed by atoms with E-state index < -0.39 is 12.0 Å². The van der Waals surface area contributed by atoms with Gasteiger partial charge in [-0.2, -0.15) is 0 Å². The van der Waals surface area contributed by atoms with Crippen LogP contribution in [0.15, 0.2) is 24.3 Å². The molecule has 0 aliphatic carbocycles. The van der Waals surface area contributed by atoms with Crippen LogP contribution >= 0.6 is 0 Å². The number of hydrogen-bond acceptors (Lipinski definition) is 3. The van der Waals surface area contributed by atoms with E-state index in [-0.39, 0.29) is 12.3 Å². The number of ketones is 1.